The molecule has 0 fully saturated rings. The van der Waals surface area contributed by atoms with E-state index in [2.05, 4.69) is 5.16 Å². The number of hydrogen-bond donors (Lipinski definition) is 3. The van der Waals surface area contributed by atoms with E-state index in [9.17, 15) is 0 Å². The Morgan fingerprint density at radius 1 is 1.38 bits per heavy atom. The van der Waals surface area contributed by atoms with Gasteiger partial charge in [-0.05, 0) is 5.56 Å². The molecule has 0 saturated heterocycles. The van der Waals surface area contributed by atoms with E-state index in [4.69, 9.17) is 16.4 Å². The molecule has 70 valence electrons. The molecule has 1 rings (SSSR count). The van der Waals surface area contributed by atoms with Gasteiger partial charge in [0, 0.05) is 5.56 Å². The van der Waals surface area contributed by atoms with E-state index in [1.807, 2.05) is 0 Å². The molecule has 0 atom stereocenters. The number of nitrogens with one attached hydrogen (secondary N) is 1. The highest BCUT2D eigenvalue weighted by atomic mass is 35.5. The standard InChI is InChI=1S/C8H9N3O.ClH/c9-8(10)7-3-1-6(2-4-7)5-11-12;/h1-5,12H,(H3,9,10);1H/b11-5-;. The van der Waals surface area contributed by atoms with Gasteiger partial charge < -0.3 is 10.9 Å². The molecule has 0 aliphatic rings. The van der Waals surface area contributed by atoms with Crippen molar-refractivity contribution < 1.29 is 5.21 Å². The van der Waals surface area contributed by atoms with Crippen molar-refractivity contribution in [3.8, 4) is 0 Å². The fourth-order valence-electron chi connectivity index (χ4n) is 0.815. The molecule has 13 heavy (non-hydrogen) atoms. The second kappa shape index (κ2) is 5.16. The first-order chi connectivity index (χ1) is 5.74. The monoisotopic (exact) mass is 199 g/mol. The summed E-state index contributed by atoms with van der Waals surface area (Å²) in [4.78, 5) is 0. The van der Waals surface area contributed by atoms with Crippen LogP contribution in [-0.4, -0.2) is 17.3 Å². The number of rotatable bonds is 2. The summed E-state index contributed by atoms with van der Waals surface area (Å²) in [6.07, 6.45) is 1.31. The third kappa shape index (κ3) is 3.13. The van der Waals surface area contributed by atoms with Crippen LogP contribution in [0.2, 0.25) is 0 Å². The predicted octanol–water partition coefficient (Wildman–Crippen LogP) is 1.20. The number of hydrogen-bond acceptors (Lipinski definition) is 3. The molecule has 0 aromatic heterocycles. The first-order valence-electron chi connectivity index (χ1n) is 3.36. The highest BCUT2D eigenvalue weighted by molar-refractivity contribution is 5.95. The zero-order chi connectivity index (χ0) is 8.97. The molecule has 0 aliphatic heterocycles. The van der Waals surface area contributed by atoms with Gasteiger partial charge in [0.2, 0.25) is 0 Å². The van der Waals surface area contributed by atoms with E-state index in [1.54, 1.807) is 24.3 Å². The lowest BCUT2D eigenvalue weighted by Crippen LogP contribution is -2.10. The summed E-state index contributed by atoms with van der Waals surface area (Å²) in [6.45, 7) is 0. The van der Waals surface area contributed by atoms with Gasteiger partial charge in [-0.15, -0.1) is 12.4 Å². The van der Waals surface area contributed by atoms with Crippen molar-refractivity contribution in [3.05, 3.63) is 35.4 Å². The fraction of sp³-hybridized carbons (Fsp3) is 0. The van der Waals surface area contributed by atoms with Crippen LogP contribution in [0.15, 0.2) is 29.4 Å². The average Bonchev–Trinajstić information content (AvgIpc) is 2.06. The Morgan fingerprint density at radius 3 is 2.31 bits per heavy atom. The number of nitrogen functional groups attached to an aromatic ring is 1. The molecule has 1 aromatic carbocycles. The Bertz CT molecular complexity index is 308. The third-order valence-corrected chi connectivity index (χ3v) is 1.43. The fourth-order valence-corrected chi connectivity index (χ4v) is 0.815. The number of halogens is 1. The van der Waals surface area contributed by atoms with Gasteiger partial charge in [0.25, 0.3) is 0 Å². The molecule has 0 heterocycles. The molecule has 5 heteroatoms. The Morgan fingerprint density at radius 2 is 1.92 bits per heavy atom. The van der Waals surface area contributed by atoms with E-state index in [1.165, 1.54) is 6.21 Å². The van der Waals surface area contributed by atoms with Crippen molar-refractivity contribution >= 4 is 24.5 Å². The molecule has 0 saturated carbocycles. The first-order valence-corrected chi connectivity index (χ1v) is 3.36. The number of oxime groups is 1. The van der Waals surface area contributed by atoms with Crippen LogP contribution in [0.1, 0.15) is 11.1 Å². The van der Waals surface area contributed by atoms with Crippen LogP contribution >= 0.6 is 12.4 Å². The number of nitrogens with zero attached hydrogens (tertiary/aromatic N) is 1. The van der Waals surface area contributed by atoms with Gasteiger partial charge in [0.05, 0.1) is 6.21 Å². The minimum atomic E-state index is 0. The highest BCUT2D eigenvalue weighted by Gasteiger charge is 1.94. The summed E-state index contributed by atoms with van der Waals surface area (Å²) in [6, 6.07) is 6.82. The van der Waals surface area contributed by atoms with Crippen LogP contribution in [0.5, 0.6) is 0 Å². The van der Waals surface area contributed by atoms with Crippen LogP contribution in [-0.2, 0) is 0 Å². The van der Waals surface area contributed by atoms with Crippen LogP contribution in [0.4, 0.5) is 0 Å². The van der Waals surface area contributed by atoms with Crippen LogP contribution < -0.4 is 5.73 Å². The Kier molecular flexibility index (Phi) is 4.54. The van der Waals surface area contributed by atoms with E-state index in [0.717, 1.165) is 5.56 Å². The van der Waals surface area contributed by atoms with Gasteiger partial charge in [-0.2, -0.15) is 0 Å². The third-order valence-electron chi connectivity index (χ3n) is 1.43. The van der Waals surface area contributed by atoms with Crippen molar-refractivity contribution in [3.63, 3.8) is 0 Å². The lowest BCUT2D eigenvalue weighted by Gasteiger charge is -1.96. The predicted molar refractivity (Wildman–Crippen MR) is 54.1 cm³/mol. The summed E-state index contributed by atoms with van der Waals surface area (Å²) in [5.74, 6) is 0.0301. The number of amidine groups is 1. The molecule has 0 spiro atoms. The maximum Gasteiger partial charge on any atom is 0.122 e. The van der Waals surface area contributed by atoms with Crippen molar-refractivity contribution in [2.75, 3.05) is 0 Å². The zero-order valence-electron chi connectivity index (χ0n) is 6.77. The maximum absolute atomic E-state index is 8.20. The number of benzene rings is 1. The van der Waals surface area contributed by atoms with Gasteiger partial charge in [-0.25, -0.2) is 0 Å². The smallest absolute Gasteiger partial charge is 0.122 e. The topological polar surface area (TPSA) is 82.5 Å². The molecule has 0 bridgehead atoms. The second-order valence-corrected chi connectivity index (χ2v) is 2.28. The molecule has 0 aliphatic carbocycles. The van der Waals surface area contributed by atoms with E-state index >= 15 is 0 Å². The van der Waals surface area contributed by atoms with E-state index in [-0.39, 0.29) is 18.2 Å². The summed E-state index contributed by atoms with van der Waals surface area (Å²) >= 11 is 0. The van der Waals surface area contributed by atoms with E-state index in [0.29, 0.717) is 5.56 Å². The zero-order valence-corrected chi connectivity index (χ0v) is 7.58. The Balaban J connectivity index is 0.00000144. The molecule has 4 N–H and O–H groups in total. The molecule has 0 amide bonds. The van der Waals surface area contributed by atoms with Gasteiger partial charge in [-0.1, -0.05) is 29.4 Å². The van der Waals surface area contributed by atoms with Crippen molar-refractivity contribution in [2.24, 2.45) is 10.9 Å². The summed E-state index contributed by atoms with van der Waals surface area (Å²) in [5.41, 5.74) is 6.66. The maximum atomic E-state index is 8.20. The summed E-state index contributed by atoms with van der Waals surface area (Å²) in [5, 5.41) is 18.2. The van der Waals surface area contributed by atoms with Crippen molar-refractivity contribution in [1.82, 2.24) is 0 Å². The highest BCUT2D eigenvalue weighted by Crippen LogP contribution is 2.00. The lowest BCUT2D eigenvalue weighted by atomic mass is 10.1. The largest absolute Gasteiger partial charge is 0.411 e. The summed E-state index contributed by atoms with van der Waals surface area (Å²) in [7, 11) is 0. The lowest BCUT2D eigenvalue weighted by molar-refractivity contribution is 0.322. The second-order valence-electron chi connectivity index (χ2n) is 2.28. The van der Waals surface area contributed by atoms with Gasteiger partial charge in [0.1, 0.15) is 5.84 Å². The molecular weight excluding hydrogens is 190 g/mol. The number of nitrogens with two attached hydrogens (primary N) is 1. The normalized spacial score (nSPS) is 9.54. The van der Waals surface area contributed by atoms with Gasteiger partial charge in [0.15, 0.2) is 0 Å². The SMILES string of the molecule is Cl.N=C(N)c1ccc(/C=N\O)cc1. The molecule has 4 nitrogen and oxygen atoms in total. The van der Waals surface area contributed by atoms with Crippen molar-refractivity contribution in [1.29, 1.82) is 5.41 Å². The van der Waals surface area contributed by atoms with Gasteiger partial charge >= 0.3 is 0 Å². The Hall–Kier alpha value is -1.55. The van der Waals surface area contributed by atoms with Gasteiger partial charge in [-0.3, -0.25) is 5.41 Å². The molecular formula is C8H10ClN3O. The van der Waals surface area contributed by atoms with Crippen LogP contribution in [0, 0.1) is 5.41 Å². The van der Waals surface area contributed by atoms with Crippen LogP contribution in [0.25, 0.3) is 0 Å². The molecule has 0 unspecified atom stereocenters. The minimum absolute atomic E-state index is 0. The quantitative estimate of drug-likeness (QED) is 0.290. The molecule has 0 radical (unpaired) electrons. The van der Waals surface area contributed by atoms with Crippen molar-refractivity contribution in [2.45, 2.75) is 0 Å². The summed E-state index contributed by atoms with van der Waals surface area (Å²) < 4.78 is 0. The minimum Gasteiger partial charge on any atom is -0.411 e. The first kappa shape index (κ1) is 11.4. The average molecular weight is 200 g/mol. The molecule has 1 aromatic rings. The Labute approximate surface area is 82.0 Å². The van der Waals surface area contributed by atoms with E-state index < -0.39 is 0 Å². The van der Waals surface area contributed by atoms with Crippen LogP contribution in [0.3, 0.4) is 0 Å².